The fourth-order valence-electron chi connectivity index (χ4n) is 1.97. The van der Waals surface area contributed by atoms with E-state index < -0.39 is 0 Å². The van der Waals surface area contributed by atoms with E-state index in [2.05, 4.69) is 20.6 Å². The summed E-state index contributed by atoms with van der Waals surface area (Å²) in [5.74, 6) is -0.0260. The minimum Gasteiger partial charge on any atom is -0.324 e. The molecular weight excluding hydrogens is 383 g/mol. The Bertz CT molecular complexity index is 916. The largest absolute Gasteiger partial charge is 0.324 e. The second kappa shape index (κ2) is 7.70. The summed E-state index contributed by atoms with van der Waals surface area (Å²) in [5, 5.41) is 7.02. The predicted molar refractivity (Wildman–Crippen MR) is 101 cm³/mol. The molecule has 0 saturated heterocycles. The molecule has 3 aromatic rings. The summed E-state index contributed by atoms with van der Waals surface area (Å²) in [6.07, 6.45) is 2.83. The van der Waals surface area contributed by atoms with Crippen LogP contribution < -0.4 is 10.6 Å². The fourth-order valence-corrected chi connectivity index (χ4v) is 2.45. The van der Waals surface area contributed by atoms with Crippen LogP contribution in [0.5, 0.6) is 0 Å². The van der Waals surface area contributed by atoms with Gasteiger partial charge in [0.2, 0.25) is 5.95 Å². The molecule has 0 fully saturated rings. The van der Waals surface area contributed by atoms with Crippen LogP contribution in [-0.2, 0) is 0 Å². The number of rotatable bonds is 4. The second-order valence-electron chi connectivity index (χ2n) is 4.98. The van der Waals surface area contributed by atoms with Crippen molar-refractivity contribution < 1.29 is 4.79 Å². The van der Waals surface area contributed by atoms with Crippen LogP contribution in [0.2, 0.25) is 15.1 Å². The monoisotopic (exact) mass is 392 g/mol. The fraction of sp³-hybridized carbons (Fsp3) is 0. The van der Waals surface area contributed by atoms with Gasteiger partial charge in [-0.1, -0.05) is 46.9 Å². The van der Waals surface area contributed by atoms with Crippen molar-refractivity contribution in [1.29, 1.82) is 0 Å². The van der Waals surface area contributed by atoms with Crippen LogP contribution in [0, 0.1) is 0 Å². The summed E-state index contributed by atoms with van der Waals surface area (Å²) < 4.78 is 0. The van der Waals surface area contributed by atoms with Gasteiger partial charge in [-0.15, -0.1) is 0 Å². The summed E-state index contributed by atoms with van der Waals surface area (Å²) in [6, 6.07) is 12.0. The average molecular weight is 394 g/mol. The van der Waals surface area contributed by atoms with Gasteiger partial charge in [-0.2, -0.15) is 0 Å². The maximum absolute atomic E-state index is 12.2. The van der Waals surface area contributed by atoms with Gasteiger partial charge in [0.05, 0.1) is 26.3 Å². The Morgan fingerprint density at radius 1 is 0.880 bits per heavy atom. The molecule has 5 nitrogen and oxygen atoms in total. The molecule has 3 rings (SSSR count). The average Bonchev–Trinajstić information content (AvgIpc) is 2.61. The summed E-state index contributed by atoms with van der Waals surface area (Å²) in [6.45, 7) is 0. The smallest absolute Gasteiger partial charge is 0.258 e. The topological polar surface area (TPSA) is 66.9 Å². The summed E-state index contributed by atoms with van der Waals surface area (Å²) in [4.78, 5) is 20.5. The van der Waals surface area contributed by atoms with E-state index in [-0.39, 0.29) is 5.91 Å². The number of aromatic nitrogens is 2. The molecule has 0 bridgehead atoms. The van der Waals surface area contributed by atoms with Crippen molar-refractivity contribution in [2.75, 3.05) is 10.6 Å². The number of para-hydroxylation sites is 1. The molecule has 0 spiro atoms. The highest BCUT2D eigenvalue weighted by atomic mass is 35.5. The number of nitrogens with zero attached hydrogens (tertiary/aromatic N) is 2. The van der Waals surface area contributed by atoms with E-state index in [0.29, 0.717) is 38.0 Å². The van der Waals surface area contributed by atoms with Gasteiger partial charge in [0.25, 0.3) is 5.91 Å². The van der Waals surface area contributed by atoms with E-state index in [0.717, 1.165) is 0 Å². The highest BCUT2D eigenvalue weighted by Gasteiger charge is 2.10. The molecule has 2 N–H and O–H groups in total. The first-order valence-electron chi connectivity index (χ1n) is 7.13. The third kappa shape index (κ3) is 4.39. The summed E-state index contributed by atoms with van der Waals surface area (Å²) >= 11 is 17.9. The number of hydrogen-bond donors (Lipinski definition) is 2. The van der Waals surface area contributed by atoms with Gasteiger partial charge in [-0.25, -0.2) is 9.97 Å². The lowest BCUT2D eigenvalue weighted by atomic mass is 10.3. The number of amides is 1. The molecule has 0 aliphatic rings. The van der Waals surface area contributed by atoms with Crippen molar-refractivity contribution in [2.24, 2.45) is 0 Å². The lowest BCUT2D eigenvalue weighted by molar-refractivity contribution is 0.102. The number of carbonyl (C=O) groups is 1. The number of hydrogen-bond acceptors (Lipinski definition) is 4. The molecule has 25 heavy (non-hydrogen) atoms. The molecule has 1 aromatic heterocycles. The zero-order valence-corrected chi connectivity index (χ0v) is 14.9. The molecule has 0 aliphatic heterocycles. The molecule has 2 aromatic carbocycles. The van der Waals surface area contributed by atoms with Crippen LogP contribution in [0.4, 0.5) is 17.3 Å². The first-order chi connectivity index (χ1) is 12.0. The Hall–Kier alpha value is -2.34. The van der Waals surface area contributed by atoms with E-state index in [4.69, 9.17) is 34.8 Å². The third-order valence-electron chi connectivity index (χ3n) is 3.21. The van der Waals surface area contributed by atoms with Crippen molar-refractivity contribution in [3.05, 3.63) is 75.5 Å². The number of carbonyl (C=O) groups excluding carboxylic acids is 1. The van der Waals surface area contributed by atoms with Crippen molar-refractivity contribution >= 4 is 58.0 Å². The molecule has 1 amide bonds. The van der Waals surface area contributed by atoms with Crippen LogP contribution in [0.1, 0.15) is 10.4 Å². The van der Waals surface area contributed by atoms with Crippen molar-refractivity contribution in [3.63, 3.8) is 0 Å². The maximum Gasteiger partial charge on any atom is 0.258 e. The Kier molecular flexibility index (Phi) is 5.38. The van der Waals surface area contributed by atoms with Crippen molar-refractivity contribution in [2.45, 2.75) is 0 Å². The zero-order chi connectivity index (χ0) is 17.8. The Labute approximate surface area is 159 Å². The van der Waals surface area contributed by atoms with E-state index in [1.165, 1.54) is 12.4 Å². The Morgan fingerprint density at radius 2 is 1.60 bits per heavy atom. The molecule has 8 heteroatoms. The minimum atomic E-state index is -0.353. The lowest BCUT2D eigenvalue weighted by Crippen LogP contribution is -2.13. The lowest BCUT2D eigenvalue weighted by Gasteiger charge is -2.08. The number of nitrogens with one attached hydrogen (secondary N) is 2. The predicted octanol–water partition coefficient (Wildman–Crippen LogP) is 5.43. The summed E-state index contributed by atoms with van der Waals surface area (Å²) in [5.41, 5.74) is 1.51. The number of halogens is 3. The van der Waals surface area contributed by atoms with Gasteiger partial charge in [0.15, 0.2) is 0 Å². The molecule has 0 unspecified atom stereocenters. The molecule has 0 aliphatic carbocycles. The van der Waals surface area contributed by atoms with Gasteiger partial charge >= 0.3 is 0 Å². The first kappa shape index (κ1) is 17.5. The van der Waals surface area contributed by atoms with E-state index in [9.17, 15) is 4.79 Å². The number of anilines is 3. The van der Waals surface area contributed by atoms with Gasteiger partial charge in [-0.3, -0.25) is 4.79 Å². The molecule has 1 heterocycles. The van der Waals surface area contributed by atoms with Gasteiger partial charge < -0.3 is 10.6 Å². The van der Waals surface area contributed by atoms with Gasteiger partial charge in [0.1, 0.15) is 0 Å². The first-order valence-corrected chi connectivity index (χ1v) is 8.26. The molecule has 0 saturated carbocycles. The standard InChI is InChI=1S/C17H11Cl3N4O/c18-12-6-5-11(7-14(12)20)23-17-21-8-10(9-22-17)16(25)24-15-4-2-1-3-13(15)19/h1-9H,(H,24,25)(H,21,22,23). The van der Waals surface area contributed by atoms with Crippen LogP contribution in [0.3, 0.4) is 0 Å². The maximum atomic E-state index is 12.2. The Balaban J connectivity index is 1.70. The van der Waals surface area contributed by atoms with E-state index >= 15 is 0 Å². The van der Waals surface area contributed by atoms with E-state index in [1.54, 1.807) is 42.5 Å². The number of benzene rings is 2. The third-order valence-corrected chi connectivity index (χ3v) is 4.28. The van der Waals surface area contributed by atoms with Crippen LogP contribution >= 0.6 is 34.8 Å². The van der Waals surface area contributed by atoms with E-state index in [1.807, 2.05) is 0 Å². The molecular formula is C17H11Cl3N4O. The van der Waals surface area contributed by atoms with Crippen LogP contribution in [0.15, 0.2) is 54.9 Å². The van der Waals surface area contributed by atoms with Gasteiger partial charge in [0, 0.05) is 18.1 Å². The van der Waals surface area contributed by atoms with Crippen LogP contribution in [-0.4, -0.2) is 15.9 Å². The van der Waals surface area contributed by atoms with Crippen molar-refractivity contribution in [1.82, 2.24) is 9.97 Å². The highest BCUT2D eigenvalue weighted by Crippen LogP contribution is 2.26. The molecule has 0 atom stereocenters. The Morgan fingerprint density at radius 3 is 2.28 bits per heavy atom. The normalized spacial score (nSPS) is 10.4. The van der Waals surface area contributed by atoms with Gasteiger partial charge in [-0.05, 0) is 30.3 Å². The summed E-state index contributed by atoms with van der Waals surface area (Å²) in [7, 11) is 0. The highest BCUT2D eigenvalue weighted by molar-refractivity contribution is 6.42. The molecule has 0 radical (unpaired) electrons. The minimum absolute atomic E-state index is 0.305. The SMILES string of the molecule is O=C(Nc1ccccc1Cl)c1cnc(Nc2ccc(Cl)c(Cl)c2)nc1. The van der Waals surface area contributed by atoms with Crippen LogP contribution in [0.25, 0.3) is 0 Å². The molecule has 126 valence electrons. The second-order valence-corrected chi connectivity index (χ2v) is 6.20. The zero-order valence-electron chi connectivity index (χ0n) is 12.6. The van der Waals surface area contributed by atoms with Crippen molar-refractivity contribution in [3.8, 4) is 0 Å². The quantitative estimate of drug-likeness (QED) is 0.620.